The van der Waals surface area contributed by atoms with E-state index in [0.717, 1.165) is 11.1 Å². The van der Waals surface area contributed by atoms with Crippen molar-refractivity contribution in [2.24, 2.45) is 0 Å². The second-order valence-corrected chi connectivity index (χ2v) is 5.88. The van der Waals surface area contributed by atoms with Crippen LogP contribution >= 0.6 is 11.8 Å². The van der Waals surface area contributed by atoms with E-state index in [2.05, 4.69) is 5.32 Å². The average molecular weight is 325 g/mol. The normalized spacial score (nSPS) is 11.3. The van der Waals surface area contributed by atoms with Crippen LogP contribution in [0.15, 0.2) is 53.4 Å². The average Bonchev–Trinajstić information content (AvgIpc) is 2.45. The predicted molar refractivity (Wildman–Crippen MR) is 80.7 cm³/mol. The maximum absolute atomic E-state index is 12.2. The van der Waals surface area contributed by atoms with Crippen molar-refractivity contribution in [1.29, 1.82) is 0 Å². The molecule has 0 radical (unpaired) electrons. The highest BCUT2D eigenvalue weighted by atomic mass is 32.2. The Hall–Kier alpha value is -1.95. The van der Waals surface area contributed by atoms with Crippen LogP contribution in [0.25, 0.3) is 0 Å². The molecule has 0 atom stereocenters. The SMILES string of the molecule is Cc1ccc(C(=O)NCc2ccc(SC(F)(F)F)cc2)cc1. The van der Waals surface area contributed by atoms with Crippen molar-refractivity contribution in [3.63, 3.8) is 0 Å². The number of rotatable bonds is 4. The van der Waals surface area contributed by atoms with E-state index < -0.39 is 5.51 Å². The minimum absolute atomic E-state index is 0.126. The number of hydrogen-bond donors (Lipinski definition) is 1. The number of aryl methyl sites for hydroxylation is 1. The van der Waals surface area contributed by atoms with Crippen molar-refractivity contribution in [3.05, 3.63) is 65.2 Å². The highest BCUT2D eigenvalue weighted by Gasteiger charge is 2.28. The first-order valence-electron chi connectivity index (χ1n) is 6.53. The van der Waals surface area contributed by atoms with E-state index in [1.807, 2.05) is 19.1 Å². The fourth-order valence-electron chi connectivity index (χ4n) is 1.80. The molecule has 22 heavy (non-hydrogen) atoms. The van der Waals surface area contributed by atoms with Gasteiger partial charge in [-0.25, -0.2) is 0 Å². The lowest BCUT2D eigenvalue weighted by atomic mass is 10.1. The summed E-state index contributed by atoms with van der Waals surface area (Å²) in [5.74, 6) is -0.214. The van der Waals surface area contributed by atoms with Crippen LogP contribution in [0, 0.1) is 6.92 Å². The van der Waals surface area contributed by atoms with Gasteiger partial charge in [0.05, 0.1) is 0 Å². The van der Waals surface area contributed by atoms with Gasteiger partial charge in [0.2, 0.25) is 0 Å². The van der Waals surface area contributed by atoms with Crippen LogP contribution in [-0.4, -0.2) is 11.4 Å². The predicted octanol–water partition coefficient (Wildman–Crippen LogP) is 4.54. The molecule has 0 heterocycles. The van der Waals surface area contributed by atoms with Crippen LogP contribution in [0.2, 0.25) is 0 Å². The number of halogens is 3. The molecule has 2 aromatic carbocycles. The molecule has 0 aromatic heterocycles. The third-order valence-corrected chi connectivity index (χ3v) is 3.66. The quantitative estimate of drug-likeness (QED) is 0.836. The third-order valence-electron chi connectivity index (χ3n) is 2.92. The molecule has 0 saturated heterocycles. The maximum Gasteiger partial charge on any atom is 0.446 e. The van der Waals surface area contributed by atoms with E-state index in [1.54, 1.807) is 24.3 Å². The Morgan fingerprint density at radius 1 is 1.05 bits per heavy atom. The van der Waals surface area contributed by atoms with E-state index in [-0.39, 0.29) is 29.1 Å². The number of benzene rings is 2. The van der Waals surface area contributed by atoms with Gasteiger partial charge in [0.1, 0.15) is 0 Å². The Kier molecular flexibility index (Phi) is 5.13. The van der Waals surface area contributed by atoms with Gasteiger partial charge in [-0.3, -0.25) is 4.79 Å². The molecule has 0 aliphatic heterocycles. The van der Waals surface area contributed by atoms with Crippen LogP contribution < -0.4 is 5.32 Å². The molecule has 116 valence electrons. The molecule has 0 unspecified atom stereocenters. The first-order valence-corrected chi connectivity index (χ1v) is 7.35. The first-order chi connectivity index (χ1) is 10.3. The summed E-state index contributed by atoms with van der Waals surface area (Å²) in [4.78, 5) is 12.0. The van der Waals surface area contributed by atoms with Crippen molar-refractivity contribution in [3.8, 4) is 0 Å². The summed E-state index contributed by atoms with van der Waals surface area (Å²) < 4.78 is 36.7. The van der Waals surface area contributed by atoms with Crippen molar-refractivity contribution < 1.29 is 18.0 Å². The topological polar surface area (TPSA) is 29.1 Å². The van der Waals surface area contributed by atoms with Gasteiger partial charge < -0.3 is 5.32 Å². The zero-order valence-corrected chi connectivity index (χ0v) is 12.6. The Morgan fingerprint density at radius 3 is 2.18 bits per heavy atom. The molecule has 1 N–H and O–H groups in total. The number of carbonyl (C=O) groups excluding carboxylic acids is 1. The molecule has 0 saturated carbocycles. The molecular weight excluding hydrogens is 311 g/mol. The van der Waals surface area contributed by atoms with E-state index in [4.69, 9.17) is 0 Å². The number of nitrogens with one attached hydrogen (secondary N) is 1. The standard InChI is InChI=1S/C16H14F3NOS/c1-11-2-6-13(7-3-11)15(21)20-10-12-4-8-14(9-5-12)22-16(17,18)19/h2-9H,10H2,1H3,(H,20,21). The summed E-state index contributed by atoms with van der Waals surface area (Å²) in [6, 6.07) is 13.1. The summed E-state index contributed by atoms with van der Waals surface area (Å²) >= 11 is -0.155. The Bertz CT molecular complexity index is 636. The summed E-state index contributed by atoms with van der Waals surface area (Å²) in [6.07, 6.45) is 0. The van der Waals surface area contributed by atoms with Crippen LogP contribution in [0.3, 0.4) is 0 Å². The van der Waals surface area contributed by atoms with Gasteiger partial charge in [-0.2, -0.15) is 13.2 Å². The van der Waals surface area contributed by atoms with Crippen molar-refractivity contribution in [2.75, 3.05) is 0 Å². The highest BCUT2D eigenvalue weighted by Crippen LogP contribution is 2.36. The molecule has 0 fully saturated rings. The highest BCUT2D eigenvalue weighted by molar-refractivity contribution is 8.00. The lowest BCUT2D eigenvalue weighted by molar-refractivity contribution is -0.0328. The van der Waals surface area contributed by atoms with Gasteiger partial charge in [0.15, 0.2) is 0 Å². The van der Waals surface area contributed by atoms with Gasteiger partial charge in [0, 0.05) is 17.0 Å². The monoisotopic (exact) mass is 325 g/mol. The lowest BCUT2D eigenvalue weighted by Crippen LogP contribution is -2.22. The van der Waals surface area contributed by atoms with E-state index in [1.165, 1.54) is 12.1 Å². The van der Waals surface area contributed by atoms with Crippen LogP contribution in [0.5, 0.6) is 0 Å². The molecule has 2 rings (SSSR count). The summed E-state index contributed by atoms with van der Waals surface area (Å²) in [5.41, 5.74) is -1.93. The van der Waals surface area contributed by atoms with Gasteiger partial charge in [-0.05, 0) is 48.5 Å². The zero-order chi connectivity index (χ0) is 16.2. The molecule has 0 bridgehead atoms. The third kappa shape index (κ3) is 5.11. The number of thioether (sulfide) groups is 1. The van der Waals surface area contributed by atoms with Crippen molar-refractivity contribution >= 4 is 17.7 Å². The molecule has 1 amide bonds. The van der Waals surface area contributed by atoms with Gasteiger partial charge >= 0.3 is 5.51 Å². The molecule has 2 nitrogen and oxygen atoms in total. The lowest BCUT2D eigenvalue weighted by Gasteiger charge is -2.08. The van der Waals surface area contributed by atoms with Gasteiger partial charge in [-0.1, -0.05) is 29.8 Å². The summed E-state index contributed by atoms with van der Waals surface area (Å²) in [6.45, 7) is 2.20. The molecular formula is C16H14F3NOS. The Balaban J connectivity index is 1.91. The molecule has 0 aliphatic carbocycles. The summed E-state index contributed by atoms with van der Waals surface area (Å²) in [5, 5.41) is 2.73. The maximum atomic E-state index is 12.2. The van der Waals surface area contributed by atoms with Crippen LogP contribution in [0.1, 0.15) is 21.5 Å². The van der Waals surface area contributed by atoms with Gasteiger partial charge in [-0.15, -0.1) is 0 Å². The number of carbonyl (C=O) groups is 1. The molecule has 0 aliphatic rings. The fraction of sp³-hybridized carbons (Fsp3) is 0.188. The number of alkyl halides is 3. The second kappa shape index (κ2) is 6.87. The van der Waals surface area contributed by atoms with E-state index in [9.17, 15) is 18.0 Å². The Morgan fingerprint density at radius 2 is 1.64 bits per heavy atom. The van der Waals surface area contributed by atoms with Crippen molar-refractivity contribution in [2.45, 2.75) is 23.9 Å². The minimum Gasteiger partial charge on any atom is -0.348 e. The van der Waals surface area contributed by atoms with Crippen LogP contribution in [0.4, 0.5) is 13.2 Å². The van der Waals surface area contributed by atoms with E-state index in [0.29, 0.717) is 5.56 Å². The molecule has 2 aromatic rings. The Labute approximate surface area is 130 Å². The number of amides is 1. The zero-order valence-electron chi connectivity index (χ0n) is 11.8. The smallest absolute Gasteiger partial charge is 0.348 e. The van der Waals surface area contributed by atoms with E-state index >= 15 is 0 Å². The second-order valence-electron chi connectivity index (χ2n) is 4.74. The fourth-order valence-corrected chi connectivity index (χ4v) is 2.34. The minimum atomic E-state index is -4.29. The largest absolute Gasteiger partial charge is 0.446 e. The van der Waals surface area contributed by atoms with Gasteiger partial charge in [0.25, 0.3) is 5.91 Å². The molecule has 6 heteroatoms. The molecule has 0 spiro atoms. The van der Waals surface area contributed by atoms with Crippen LogP contribution in [-0.2, 0) is 6.54 Å². The first kappa shape index (κ1) is 16.4. The van der Waals surface area contributed by atoms with Crippen molar-refractivity contribution in [1.82, 2.24) is 5.32 Å². The summed E-state index contributed by atoms with van der Waals surface area (Å²) in [7, 11) is 0. The number of hydrogen-bond acceptors (Lipinski definition) is 2.